The number of benzene rings is 15. The number of aryl methyl sites for hydroxylation is 22. The minimum absolute atomic E-state index is 0.326. The van der Waals surface area contributed by atoms with Crippen LogP contribution in [0.1, 0.15) is 285 Å². The molecule has 0 nitrogen and oxygen atoms in total. The standard InChI is InChI=1S/C14H16.3C13H14.C13H20.2C12H18.2C10H14.2C9H12/c1-3-11-5-7-14-10-12(4-2)6-8-13(14)9-11;1-3-11-7-5-8-12-10(2)6-4-9-13(11)12;1-3-11-8-10(2)9-12-6-4-5-7-13(11)12;1-3-11-9-8-10(2)12-6-4-5-7-13(11)12;1-5-11-7-9-12(10-8-11)13(3,4)6-2;1-4-6-12-9-10(3)7-8-11(12)5-2;1-3-5-11-7-9-12(6-4-2)10-8-11;1-3-4-10-7-5-9(2)6-8-10;1-3-9-5-7-10(4-2)8-6-9;1-3-9-6-4-8(2)5-7-9;1-3-9-6-4-5-8(2)7-9/h5-10H,3-4H2,1-2H3;3*4-9H,3H2,1-2H3;7-10H,5-6H2,1-4H3;7-9H,4-6H2,1-3H3;7-10H,3-6H2,1-2H3;2*5-8H,3-4H2,1-2H3;2*4-7H,3H2,1-2H3. The first kappa shape index (κ1) is 108. The molecule has 0 radical (unpaired) electrons. The summed E-state index contributed by atoms with van der Waals surface area (Å²) < 4.78 is 0. The lowest BCUT2D eigenvalue weighted by Gasteiger charge is -2.23. The molecule has 0 spiro atoms. The van der Waals surface area contributed by atoms with Gasteiger partial charge in [0, 0.05) is 0 Å². The van der Waals surface area contributed by atoms with Gasteiger partial charge in [0.05, 0.1) is 0 Å². The third-order valence-electron chi connectivity index (χ3n) is 24.4. The van der Waals surface area contributed by atoms with Gasteiger partial charge in [-0.3, -0.25) is 0 Å². The van der Waals surface area contributed by atoms with Crippen molar-refractivity contribution in [3.05, 3.63) is 437 Å². The fourth-order valence-electron chi connectivity index (χ4n) is 15.6. The van der Waals surface area contributed by atoms with Gasteiger partial charge in [0.1, 0.15) is 0 Å². The van der Waals surface area contributed by atoms with Crippen LogP contribution in [0.15, 0.2) is 309 Å². The van der Waals surface area contributed by atoms with E-state index in [1.54, 1.807) is 5.56 Å². The number of rotatable bonds is 21. The van der Waals surface area contributed by atoms with Crippen LogP contribution < -0.4 is 0 Å². The van der Waals surface area contributed by atoms with E-state index in [4.69, 9.17) is 0 Å². The molecule has 0 heteroatoms. The van der Waals surface area contributed by atoms with Crippen LogP contribution in [-0.4, -0.2) is 0 Å². The normalized spacial score (nSPS) is 10.4. The van der Waals surface area contributed by atoms with Crippen LogP contribution in [0.2, 0.25) is 0 Å². The van der Waals surface area contributed by atoms with Gasteiger partial charge in [-0.25, -0.2) is 0 Å². The smallest absolute Gasteiger partial charge is 0.0106 e. The Balaban J connectivity index is 0.000000250. The second-order valence-corrected chi connectivity index (χ2v) is 35.0. The second-order valence-electron chi connectivity index (χ2n) is 35.0. The van der Waals surface area contributed by atoms with E-state index in [2.05, 4.69) is 482 Å². The summed E-state index contributed by atoms with van der Waals surface area (Å²) in [5, 5.41) is 11.1. The Morgan fingerprint density at radius 3 is 0.938 bits per heavy atom. The van der Waals surface area contributed by atoms with Crippen LogP contribution in [0, 0.1) is 48.5 Å². The SMILES string of the molecule is CCCc1cc(C)ccc1CC.CCCc1ccc(C)cc1.CCCc1ccc(CCC)cc1.CCc1cc(C)cc2ccccc12.CCc1ccc(C(C)(C)CC)cc1.CCc1ccc(C)c2ccccc12.CCc1ccc(C)cc1.CCc1ccc(CC)cc1.CCc1ccc2cc(CC)ccc2c1.CCc1cccc(C)c1.CCc1cccc2c(C)cccc12. The van der Waals surface area contributed by atoms with Crippen LogP contribution >= 0.6 is 0 Å². The molecular weight excluding hydrogens is 1540 g/mol. The predicted molar refractivity (Wildman–Crippen MR) is 577 cm³/mol. The third-order valence-corrected chi connectivity index (χ3v) is 24.4. The highest BCUT2D eigenvalue weighted by Gasteiger charge is 2.17. The topological polar surface area (TPSA) is 0 Å². The van der Waals surface area contributed by atoms with Crippen molar-refractivity contribution in [1.82, 2.24) is 0 Å². The quantitative estimate of drug-likeness (QED) is 0.0673. The van der Waals surface area contributed by atoms with E-state index in [1.165, 1.54) is 223 Å². The van der Waals surface area contributed by atoms with Crippen LogP contribution in [0.25, 0.3) is 43.1 Å². The van der Waals surface area contributed by atoms with Crippen molar-refractivity contribution in [2.45, 2.75) is 307 Å². The van der Waals surface area contributed by atoms with Gasteiger partial charge < -0.3 is 0 Å². The zero-order chi connectivity index (χ0) is 93.6. The fraction of sp³-hybridized carbons (Fsp3) is 0.359. The summed E-state index contributed by atoms with van der Waals surface area (Å²) in [4.78, 5) is 0. The molecule has 678 valence electrons. The number of hydrogen-bond acceptors (Lipinski definition) is 0. The van der Waals surface area contributed by atoms with Gasteiger partial charge in [-0.2, -0.15) is 0 Å². The highest BCUT2D eigenvalue weighted by molar-refractivity contribution is 5.90. The Bertz CT molecular complexity index is 5400. The van der Waals surface area contributed by atoms with E-state index >= 15 is 0 Å². The first-order valence-corrected chi connectivity index (χ1v) is 49.3. The highest BCUT2D eigenvalue weighted by Crippen LogP contribution is 2.29. The van der Waals surface area contributed by atoms with Gasteiger partial charge in [-0.05, 0) is 300 Å². The third kappa shape index (κ3) is 38.3. The zero-order valence-corrected chi connectivity index (χ0v) is 84.6. The molecule has 128 heavy (non-hydrogen) atoms. The largest absolute Gasteiger partial charge is 0.0651 e. The van der Waals surface area contributed by atoms with Crippen molar-refractivity contribution in [3.63, 3.8) is 0 Å². The van der Waals surface area contributed by atoms with E-state index in [1.807, 2.05) is 0 Å². The van der Waals surface area contributed by atoms with Gasteiger partial charge in [0.25, 0.3) is 0 Å². The van der Waals surface area contributed by atoms with E-state index in [0.717, 1.165) is 70.6 Å². The molecule has 0 unspecified atom stereocenters. The lowest BCUT2D eigenvalue weighted by molar-refractivity contribution is 0.506. The van der Waals surface area contributed by atoms with E-state index in [-0.39, 0.29) is 0 Å². The molecular formula is C128H166. The average molecular weight is 1700 g/mol. The Morgan fingerprint density at radius 1 is 0.180 bits per heavy atom. The molecule has 0 atom stereocenters. The Kier molecular flexibility index (Phi) is 51.4. The Labute approximate surface area is 782 Å². The second kappa shape index (κ2) is 61.0. The zero-order valence-electron chi connectivity index (χ0n) is 84.6. The molecule has 0 N–H and O–H groups in total. The van der Waals surface area contributed by atoms with E-state index in [0.29, 0.717) is 5.41 Å². The van der Waals surface area contributed by atoms with Crippen molar-refractivity contribution in [2.24, 2.45) is 0 Å². The molecule has 0 aliphatic carbocycles. The molecule has 0 saturated heterocycles. The van der Waals surface area contributed by atoms with Gasteiger partial charge in [-0.15, -0.1) is 0 Å². The molecule has 0 amide bonds. The minimum atomic E-state index is 0.326. The average Bonchev–Trinajstić information content (AvgIpc) is 0.822. The molecule has 15 rings (SSSR count). The summed E-state index contributed by atoms with van der Waals surface area (Å²) in [6.45, 7) is 54.9. The first-order valence-electron chi connectivity index (χ1n) is 49.3. The maximum Gasteiger partial charge on any atom is -0.0106 e. The number of hydrogen-bond donors (Lipinski definition) is 0. The van der Waals surface area contributed by atoms with E-state index < -0.39 is 0 Å². The highest BCUT2D eigenvalue weighted by atomic mass is 14.2. The van der Waals surface area contributed by atoms with E-state index in [9.17, 15) is 0 Å². The summed E-state index contributed by atoms with van der Waals surface area (Å²) in [5.41, 5.74) is 33.1. The van der Waals surface area contributed by atoms with Crippen molar-refractivity contribution >= 4 is 43.1 Å². The molecule has 0 fully saturated rings. The molecule has 15 aromatic carbocycles. The number of fused-ring (bicyclic) bond motifs is 4. The van der Waals surface area contributed by atoms with Gasteiger partial charge >= 0.3 is 0 Å². The van der Waals surface area contributed by atoms with Crippen molar-refractivity contribution < 1.29 is 0 Å². The van der Waals surface area contributed by atoms with Crippen molar-refractivity contribution in [2.75, 3.05) is 0 Å². The van der Waals surface area contributed by atoms with Crippen molar-refractivity contribution in [1.29, 1.82) is 0 Å². The molecule has 0 saturated carbocycles. The molecule has 0 aliphatic heterocycles. The van der Waals surface area contributed by atoms with Crippen molar-refractivity contribution in [3.8, 4) is 0 Å². The molecule has 15 aromatic rings. The molecule has 0 aromatic heterocycles. The lowest BCUT2D eigenvalue weighted by atomic mass is 9.82. The summed E-state index contributed by atoms with van der Waals surface area (Å²) in [6, 6.07) is 112. The molecule has 0 bridgehead atoms. The minimum Gasteiger partial charge on any atom is -0.0651 e. The Morgan fingerprint density at radius 2 is 0.508 bits per heavy atom. The van der Waals surface area contributed by atoms with Crippen LogP contribution in [0.3, 0.4) is 0 Å². The predicted octanol–water partition coefficient (Wildman–Crippen LogP) is 37.0. The summed E-state index contributed by atoms with van der Waals surface area (Å²) >= 11 is 0. The maximum absolute atomic E-state index is 2.32. The molecule has 0 aliphatic rings. The van der Waals surface area contributed by atoms with Crippen LogP contribution in [0.4, 0.5) is 0 Å². The first-order chi connectivity index (χ1) is 61.9. The summed E-state index contributed by atoms with van der Waals surface area (Å²) in [7, 11) is 0. The van der Waals surface area contributed by atoms with Gasteiger partial charge in [-0.1, -0.05) is 488 Å². The summed E-state index contributed by atoms with van der Waals surface area (Å²) in [6.07, 6.45) is 23.5. The van der Waals surface area contributed by atoms with Crippen LogP contribution in [0.5, 0.6) is 0 Å². The fourth-order valence-corrected chi connectivity index (χ4v) is 15.6. The molecule has 0 heterocycles. The monoisotopic (exact) mass is 1700 g/mol. The van der Waals surface area contributed by atoms with Crippen LogP contribution in [-0.2, 0) is 102 Å². The summed E-state index contributed by atoms with van der Waals surface area (Å²) in [5.74, 6) is 0. The van der Waals surface area contributed by atoms with Gasteiger partial charge in [0.15, 0.2) is 0 Å². The van der Waals surface area contributed by atoms with Gasteiger partial charge in [0.2, 0.25) is 0 Å². The Hall–Kier alpha value is -10.7. The lowest BCUT2D eigenvalue weighted by Crippen LogP contribution is -2.15. The maximum atomic E-state index is 2.32.